The SMILES string of the molecule is S=C=Nc1ccc(C#CCCS)cc1Cl. The number of benzene rings is 1. The van der Waals surface area contributed by atoms with Crippen LogP contribution in [0.3, 0.4) is 0 Å². The van der Waals surface area contributed by atoms with Crippen molar-refractivity contribution in [3.8, 4) is 11.8 Å². The van der Waals surface area contributed by atoms with E-state index in [1.807, 2.05) is 6.07 Å². The average molecular weight is 254 g/mol. The maximum absolute atomic E-state index is 5.96. The van der Waals surface area contributed by atoms with Gasteiger partial charge in [-0.15, -0.1) is 0 Å². The molecule has 1 aromatic carbocycles. The van der Waals surface area contributed by atoms with Crippen LogP contribution in [0.4, 0.5) is 5.69 Å². The Morgan fingerprint density at radius 2 is 2.27 bits per heavy atom. The average Bonchev–Trinajstić information content (AvgIpc) is 2.23. The first-order valence-electron chi connectivity index (χ1n) is 4.25. The third kappa shape index (κ3) is 4.07. The van der Waals surface area contributed by atoms with E-state index >= 15 is 0 Å². The molecule has 0 radical (unpaired) electrons. The summed E-state index contributed by atoms with van der Waals surface area (Å²) in [5, 5.41) is 2.81. The molecular formula is C11H8ClNS2. The lowest BCUT2D eigenvalue weighted by molar-refractivity contribution is 1.31. The quantitative estimate of drug-likeness (QED) is 0.367. The predicted molar refractivity (Wildman–Crippen MR) is 71.5 cm³/mol. The maximum atomic E-state index is 5.96. The van der Waals surface area contributed by atoms with Gasteiger partial charge in [-0.25, -0.2) is 0 Å². The molecule has 0 fully saturated rings. The van der Waals surface area contributed by atoms with Crippen molar-refractivity contribution in [2.24, 2.45) is 4.99 Å². The lowest BCUT2D eigenvalue weighted by atomic mass is 10.2. The molecule has 0 aromatic heterocycles. The van der Waals surface area contributed by atoms with Gasteiger partial charge < -0.3 is 0 Å². The number of thiocarbonyl (C=S) groups is 1. The van der Waals surface area contributed by atoms with E-state index in [-0.39, 0.29) is 0 Å². The summed E-state index contributed by atoms with van der Waals surface area (Å²) >= 11 is 14.5. The van der Waals surface area contributed by atoms with Crippen LogP contribution >= 0.6 is 36.4 Å². The molecule has 1 aromatic rings. The van der Waals surface area contributed by atoms with Gasteiger partial charge in [-0.05, 0) is 30.4 Å². The first kappa shape index (κ1) is 12.3. The Bertz CT molecular complexity index is 453. The number of aliphatic imine (C=N–C) groups is 1. The van der Waals surface area contributed by atoms with E-state index in [0.29, 0.717) is 10.7 Å². The Kier molecular flexibility index (Phi) is 5.45. The fraction of sp³-hybridized carbons (Fsp3) is 0.182. The Labute approximate surface area is 105 Å². The highest BCUT2D eigenvalue weighted by Crippen LogP contribution is 2.24. The molecule has 0 N–H and O–H groups in total. The monoisotopic (exact) mass is 253 g/mol. The van der Waals surface area contributed by atoms with Crippen molar-refractivity contribution in [1.82, 2.24) is 0 Å². The Balaban J connectivity index is 2.92. The summed E-state index contributed by atoms with van der Waals surface area (Å²) in [7, 11) is 0. The molecule has 1 rings (SSSR count). The number of thiol groups is 1. The standard InChI is InChI=1S/C11H8ClNS2/c12-10-7-9(3-1-2-6-14)4-5-11(10)13-8-15/h4-5,7,14H,2,6H2. The number of hydrogen-bond donors (Lipinski definition) is 1. The molecule has 0 spiro atoms. The van der Waals surface area contributed by atoms with Gasteiger partial charge in [-0.1, -0.05) is 23.4 Å². The molecule has 0 saturated carbocycles. The molecule has 0 bridgehead atoms. The largest absolute Gasteiger partial charge is 0.193 e. The van der Waals surface area contributed by atoms with Gasteiger partial charge in [0, 0.05) is 17.7 Å². The molecule has 0 saturated heterocycles. The summed E-state index contributed by atoms with van der Waals surface area (Å²) in [6, 6.07) is 5.38. The second-order valence-electron chi connectivity index (χ2n) is 2.64. The summed E-state index contributed by atoms with van der Waals surface area (Å²) in [5.74, 6) is 6.72. The van der Waals surface area contributed by atoms with E-state index in [1.165, 1.54) is 0 Å². The molecule has 0 aliphatic heterocycles. The lowest BCUT2D eigenvalue weighted by Gasteiger charge is -1.96. The van der Waals surface area contributed by atoms with Gasteiger partial charge in [0.05, 0.1) is 15.9 Å². The summed E-state index contributed by atoms with van der Waals surface area (Å²) in [6.45, 7) is 0. The lowest BCUT2D eigenvalue weighted by Crippen LogP contribution is -1.76. The van der Waals surface area contributed by atoms with Gasteiger partial charge in [-0.2, -0.15) is 17.6 Å². The second-order valence-corrected chi connectivity index (χ2v) is 3.68. The molecule has 0 aliphatic rings. The van der Waals surface area contributed by atoms with Crippen molar-refractivity contribution in [3.05, 3.63) is 28.8 Å². The van der Waals surface area contributed by atoms with E-state index in [9.17, 15) is 0 Å². The zero-order valence-electron chi connectivity index (χ0n) is 7.83. The molecule has 0 heterocycles. The molecule has 15 heavy (non-hydrogen) atoms. The normalized spacial score (nSPS) is 8.67. The molecular weight excluding hydrogens is 246 g/mol. The van der Waals surface area contributed by atoms with Gasteiger partial charge in [0.1, 0.15) is 0 Å². The molecule has 4 heteroatoms. The zero-order valence-corrected chi connectivity index (χ0v) is 10.3. The van der Waals surface area contributed by atoms with Crippen LogP contribution in [0.25, 0.3) is 0 Å². The highest BCUT2D eigenvalue weighted by Gasteiger charge is 1.97. The number of halogens is 1. The fourth-order valence-electron chi connectivity index (χ4n) is 0.945. The van der Waals surface area contributed by atoms with Crippen molar-refractivity contribution in [2.75, 3.05) is 5.75 Å². The van der Waals surface area contributed by atoms with Gasteiger partial charge in [0.2, 0.25) is 0 Å². The van der Waals surface area contributed by atoms with Crippen LogP contribution in [0.2, 0.25) is 5.02 Å². The number of nitrogens with zero attached hydrogens (tertiary/aromatic N) is 1. The maximum Gasteiger partial charge on any atom is 0.0926 e. The minimum absolute atomic E-state index is 0.532. The molecule has 0 aliphatic carbocycles. The van der Waals surface area contributed by atoms with Crippen molar-refractivity contribution < 1.29 is 0 Å². The van der Waals surface area contributed by atoms with Gasteiger partial charge >= 0.3 is 0 Å². The fourth-order valence-corrected chi connectivity index (χ4v) is 1.38. The van der Waals surface area contributed by atoms with E-state index in [0.717, 1.165) is 17.7 Å². The predicted octanol–water partition coefficient (Wildman–Crippen LogP) is 3.75. The van der Waals surface area contributed by atoms with Gasteiger partial charge in [-0.3, -0.25) is 0 Å². The number of hydrogen-bond acceptors (Lipinski definition) is 3. The topological polar surface area (TPSA) is 12.4 Å². The Hall–Kier alpha value is -0.780. The third-order valence-electron chi connectivity index (χ3n) is 1.58. The van der Waals surface area contributed by atoms with Crippen LogP contribution < -0.4 is 0 Å². The molecule has 0 atom stereocenters. The number of rotatable bonds is 2. The van der Waals surface area contributed by atoms with E-state index in [4.69, 9.17) is 11.6 Å². The Morgan fingerprint density at radius 1 is 1.47 bits per heavy atom. The van der Waals surface area contributed by atoms with Crippen LogP contribution in [0.15, 0.2) is 23.2 Å². The zero-order chi connectivity index (χ0) is 11.1. The molecule has 0 unspecified atom stereocenters. The van der Waals surface area contributed by atoms with Gasteiger partial charge in [0.25, 0.3) is 0 Å². The van der Waals surface area contributed by atoms with Gasteiger partial charge in [0.15, 0.2) is 0 Å². The van der Waals surface area contributed by atoms with Crippen molar-refractivity contribution in [2.45, 2.75) is 6.42 Å². The van der Waals surface area contributed by atoms with Crippen LogP contribution in [0.5, 0.6) is 0 Å². The highest BCUT2D eigenvalue weighted by molar-refractivity contribution is 7.80. The first-order chi connectivity index (χ1) is 7.27. The highest BCUT2D eigenvalue weighted by atomic mass is 35.5. The van der Waals surface area contributed by atoms with Crippen molar-refractivity contribution in [1.29, 1.82) is 0 Å². The Morgan fingerprint density at radius 3 is 2.87 bits per heavy atom. The minimum atomic E-state index is 0.532. The van der Waals surface area contributed by atoms with E-state index < -0.39 is 0 Å². The van der Waals surface area contributed by atoms with Crippen molar-refractivity contribution >= 4 is 47.3 Å². The van der Waals surface area contributed by atoms with Crippen LogP contribution in [-0.2, 0) is 0 Å². The second kappa shape index (κ2) is 6.66. The summed E-state index contributed by atoms with van der Waals surface area (Å²) in [6.07, 6.45) is 0.764. The van der Waals surface area contributed by atoms with Crippen LogP contribution in [0, 0.1) is 11.8 Å². The smallest absolute Gasteiger partial charge is 0.0926 e. The summed E-state index contributed by atoms with van der Waals surface area (Å²) < 4.78 is 0. The summed E-state index contributed by atoms with van der Waals surface area (Å²) in [5.41, 5.74) is 1.48. The third-order valence-corrected chi connectivity index (χ3v) is 2.20. The van der Waals surface area contributed by atoms with E-state index in [2.05, 4.69) is 46.8 Å². The van der Waals surface area contributed by atoms with Crippen molar-refractivity contribution in [3.63, 3.8) is 0 Å². The molecule has 1 nitrogen and oxygen atoms in total. The summed E-state index contributed by atoms with van der Waals surface area (Å²) in [4.78, 5) is 3.82. The first-order valence-corrected chi connectivity index (χ1v) is 5.67. The molecule has 76 valence electrons. The van der Waals surface area contributed by atoms with Crippen LogP contribution in [-0.4, -0.2) is 10.9 Å². The number of isothiocyanates is 1. The minimum Gasteiger partial charge on any atom is -0.193 e. The van der Waals surface area contributed by atoms with E-state index in [1.54, 1.807) is 12.1 Å². The molecule has 0 amide bonds. The van der Waals surface area contributed by atoms with Crippen LogP contribution in [0.1, 0.15) is 12.0 Å².